The molecule has 0 fully saturated rings. The Balaban J connectivity index is 2.86. The van der Waals surface area contributed by atoms with Crippen LogP contribution in [0.2, 0.25) is 0 Å². The molecule has 1 aromatic carbocycles. The average Bonchev–Trinajstić information content (AvgIpc) is 1.98. The third-order valence-corrected chi connectivity index (χ3v) is 2.48. The first-order chi connectivity index (χ1) is 5.24. The second-order valence-corrected chi connectivity index (χ2v) is 3.65. The van der Waals surface area contributed by atoms with Crippen LogP contribution in [0.4, 0.5) is 0 Å². The van der Waals surface area contributed by atoms with Crippen molar-refractivity contribution >= 4 is 11.8 Å². The van der Waals surface area contributed by atoms with Crippen molar-refractivity contribution in [1.82, 2.24) is 0 Å². The van der Waals surface area contributed by atoms with E-state index in [2.05, 4.69) is 32.0 Å². The second-order valence-electron chi connectivity index (χ2n) is 2.56. The van der Waals surface area contributed by atoms with E-state index >= 15 is 0 Å². The molecule has 0 spiro atoms. The van der Waals surface area contributed by atoms with Gasteiger partial charge in [-0.1, -0.05) is 6.07 Å². The van der Waals surface area contributed by atoms with Gasteiger partial charge in [-0.15, -0.1) is 11.8 Å². The number of benzene rings is 1. The summed E-state index contributed by atoms with van der Waals surface area (Å²) < 4.78 is 0. The van der Waals surface area contributed by atoms with Gasteiger partial charge in [0.2, 0.25) is 0 Å². The maximum atomic E-state index is 5.41. The van der Waals surface area contributed by atoms with Gasteiger partial charge in [-0.2, -0.15) is 0 Å². The van der Waals surface area contributed by atoms with Crippen molar-refractivity contribution in [1.29, 1.82) is 0 Å². The van der Waals surface area contributed by atoms with Gasteiger partial charge in [0, 0.05) is 10.8 Å². The van der Waals surface area contributed by atoms with Crippen LogP contribution in [0.3, 0.4) is 0 Å². The molecular weight excluding hydrogens is 154 g/mol. The average molecular weight is 167 g/mol. The van der Waals surface area contributed by atoms with Crippen molar-refractivity contribution in [2.24, 2.45) is 5.73 Å². The highest BCUT2D eigenvalue weighted by Gasteiger charge is 1.94. The number of aryl methyl sites for hydroxylation is 2. The Morgan fingerprint density at radius 2 is 2.00 bits per heavy atom. The van der Waals surface area contributed by atoms with Crippen LogP contribution < -0.4 is 5.73 Å². The zero-order valence-electron chi connectivity index (χ0n) is 6.92. The monoisotopic (exact) mass is 167 g/mol. The molecule has 1 rings (SSSR count). The van der Waals surface area contributed by atoms with Crippen molar-refractivity contribution in [3.8, 4) is 0 Å². The molecule has 0 aliphatic carbocycles. The van der Waals surface area contributed by atoms with Crippen molar-refractivity contribution < 1.29 is 0 Å². The predicted octanol–water partition coefficient (Wildman–Crippen LogP) is 2.31. The second kappa shape index (κ2) is 3.79. The molecule has 0 heterocycles. The molecule has 1 aromatic rings. The van der Waals surface area contributed by atoms with Crippen LogP contribution in [-0.4, -0.2) is 5.88 Å². The highest BCUT2D eigenvalue weighted by Crippen LogP contribution is 2.19. The lowest BCUT2D eigenvalue weighted by atomic mass is 10.1. The number of hydrogen-bond donors (Lipinski definition) is 1. The zero-order valence-corrected chi connectivity index (χ0v) is 7.74. The molecule has 0 saturated carbocycles. The van der Waals surface area contributed by atoms with Gasteiger partial charge in [-0.3, -0.25) is 0 Å². The molecule has 0 amide bonds. The third-order valence-electron chi connectivity index (χ3n) is 1.73. The van der Waals surface area contributed by atoms with Crippen LogP contribution in [0.15, 0.2) is 23.1 Å². The zero-order chi connectivity index (χ0) is 8.27. The summed E-state index contributed by atoms with van der Waals surface area (Å²) >= 11 is 1.68. The van der Waals surface area contributed by atoms with E-state index in [0.717, 1.165) is 0 Å². The van der Waals surface area contributed by atoms with E-state index in [9.17, 15) is 0 Å². The highest BCUT2D eigenvalue weighted by molar-refractivity contribution is 7.99. The molecule has 0 unspecified atom stereocenters. The van der Waals surface area contributed by atoms with Crippen molar-refractivity contribution in [2.45, 2.75) is 18.7 Å². The molecule has 0 radical (unpaired) electrons. The number of nitrogens with two attached hydrogens (primary N) is 1. The number of hydrogen-bond acceptors (Lipinski definition) is 2. The summed E-state index contributed by atoms with van der Waals surface area (Å²) in [4.78, 5) is 1.26. The first kappa shape index (κ1) is 8.62. The molecule has 2 heteroatoms. The lowest BCUT2D eigenvalue weighted by Crippen LogP contribution is -1.92. The van der Waals surface area contributed by atoms with Crippen molar-refractivity contribution in [3.63, 3.8) is 0 Å². The lowest BCUT2D eigenvalue weighted by molar-refractivity contribution is 1.27. The summed E-state index contributed by atoms with van der Waals surface area (Å²) in [6, 6.07) is 6.42. The van der Waals surface area contributed by atoms with Gasteiger partial charge < -0.3 is 5.73 Å². The Morgan fingerprint density at radius 3 is 2.55 bits per heavy atom. The van der Waals surface area contributed by atoms with E-state index in [0.29, 0.717) is 5.88 Å². The molecule has 0 saturated heterocycles. The summed E-state index contributed by atoms with van der Waals surface area (Å²) in [5.41, 5.74) is 8.09. The Bertz CT molecular complexity index is 245. The maximum absolute atomic E-state index is 5.41. The number of rotatable bonds is 2. The normalized spacial score (nSPS) is 10.1. The van der Waals surface area contributed by atoms with E-state index in [1.54, 1.807) is 11.8 Å². The van der Waals surface area contributed by atoms with Gasteiger partial charge >= 0.3 is 0 Å². The Kier molecular flexibility index (Phi) is 2.97. The van der Waals surface area contributed by atoms with Gasteiger partial charge in [-0.25, -0.2) is 0 Å². The Labute approximate surface area is 72.0 Å². The van der Waals surface area contributed by atoms with Crippen LogP contribution in [0.25, 0.3) is 0 Å². The van der Waals surface area contributed by atoms with Gasteiger partial charge in [0.15, 0.2) is 0 Å². The molecule has 0 aromatic heterocycles. The summed E-state index contributed by atoms with van der Waals surface area (Å²) in [6.07, 6.45) is 0. The van der Waals surface area contributed by atoms with Crippen LogP contribution in [0.5, 0.6) is 0 Å². The fourth-order valence-electron chi connectivity index (χ4n) is 0.900. The van der Waals surface area contributed by atoms with Crippen LogP contribution in [0.1, 0.15) is 11.1 Å². The molecule has 11 heavy (non-hydrogen) atoms. The molecular formula is C9H13NS. The van der Waals surface area contributed by atoms with Crippen LogP contribution in [0, 0.1) is 13.8 Å². The molecule has 0 aliphatic heterocycles. The van der Waals surface area contributed by atoms with Crippen molar-refractivity contribution in [3.05, 3.63) is 29.3 Å². The Hall–Kier alpha value is -0.470. The SMILES string of the molecule is Cc1ccc(SCN)cc1C. The van der Waals surface area contributed by atoms with Gasteiger partial charge in [0.25, 0.3) is 0 Å². The maximum Gasteiger partial charge on any atom is 0.0440 e. The highest BCUT2D eigenvalue weighted by atomic mass is 32.2. The lowest BCUT2D eigenvalue weighted by Gasteiger charge is -2.02. The summed E-state index contributed by atoms with van der Waals surface area (Å²) in [7, 11) is 0. The number of thioether (sulfide) groups is 1. The first-order valence-corrected chi connectivity index (χ1v) is 4.62. The molecule has 0 atom stereocenters. The smallest absolute Gasteiger partial charge is 0.0440 e. The summed E-state index contributed by atoms with van der Waals surface area (Å²) in [5, 5.41) is 0. The summed E-state index contributed by atoms with van der Waals surface area (Å²) in [5.74, 6) is 0.655. The van der Waals surface area contributed by atoms with Crippen LogP contribution >= 0.6 is 11.8 Å². The van der Waals surface area contributed by atoms with Gasteiger partial charge in [0.1, 0.15) is 0 Å². The van der Waals surface area contributed by atoms with E-state index in [1.165, 1.54) is 16.0 Å². The van der Waals surface area contributed by atoms with Gasteiger partial charge in [0.05, 0.1) is 0 Å². The largest absolute Gasteiger partial charge is 0.322 e. The predicted molar refractivity (Wildman–Crippen MR) is 50.8 cm³/mol. The molecule has 0 bridgehead atoms. The minimum Gasteiger partial charge on any atom is -0.322 e. The van der Waals surface area contributed by atoms with E-state index in [4.69, 9.17) is 5.73 Å². The molecule has 2 N–H and O–H groups in total. The van der Waals surface area contributed by atoms with Gasteiger partial charge in [-0.05, 0) is 37.1 Å². The fourth-order valence-corrected chi connectivity index (χ4v) is 1.52. The minimum absolute atomic E-state index is 0.655. The van der Waals surface area contributed by atoms with Crippen LogP contribution in [-0.2, 0) is 0 Å². The first-order valence-electron chi connectivity index (χ1n) is 3.64. The topological polar surface area (TPSA) is 26.0 Å². The summed E-state index contributed by atoms with van der Waals surface area (Å²) in [6.45, 7) is 4.24. The molecule has 60 valence electrons. The quantitative estimate of drug-likeness (QED) is 0.540. The van der Waals surface area contributed by atoms with E-state index in [-0.39, 0.29) is 0 Å². The standard InChI is InChI=1S/C9H13NS/c1-7-3-4-9(11-6-10)5-8(7)2/h3-5H,6,10H2,1-2H3. The van der Waals surface area contributed by atoms with E-state index < -0.39 is 0 Å². The van der Waals surface area contributed by atoms with Crippen molar-refractivity contribution in [2.75, 3.05) is 5.88 Å². The third kappa shape index (κ3) is 2.24. The minimum atomic E-state index is 0.655. The fraction of sp³-hybridized carbons (Fsp3) is 0.333. The Morgan fingerprint density at radius 1 is 1.27 bits per heavy atom. The van der Waals surface area contributed by atoms with E-state index in [1.807, 2.05) is 0 Å². The molecule has 1 nitrogen and oxygen atoms in total. The molecule has 0 aliphatic rings.